The highest BCUT2D eigenvalue weighted by atomic mass is 16.2. The van der Waals surface area contributed by atoms with Crippen molar-refractivity contribution in [3.63, 3.8) is 0 Å². The fraction of sp³-hybridized carbons (Fsp3) is 0.263. The Morgan fingerprint density at radius 1 is 0.880 bits per heavy atom. The van der Waals surface area contributed by atoms with E-state index in [9.17, 15) is 9.59 Å². The van der Waals surface area contributed by atoms with E-state index in [-0.39, 0.29) is 5.91 Å². The molecule has 1 heterocycles. The number of hydrogen-bond donors (Lipinski definition) is 2. The van der Waals surface area contributed by atoms with Crippen molar-refractivity contribution in [3.05, 3.63) is 59.7 Å². The quantitative estimate of drug-likeness (QED) is 0.891. The second-order valence-corrected chi connectivity index (χ2v) is 6.23. The summed E-state index contributed by atoms with van der Waals surface area (Å²) < 4.78 is 0. The fourth-order valence-corrected chi connectivity index (χ4v) is 2.81. The van der Waals surface area contributed by atoms with Crippen molar-refractivity contribution in [3.8, 4) is 0 Å². The van der Waals surface area contributed by atoms with Gasteiger partial charge in [0.15, 0.2) is 0 Å². The van der Waals surface area contributed by atoms with Gasteiger partial charge in [0.1, 0.15) is 0 Å². The van der Waals surface area contributed by atoms with Gasteiger partial charge in [0.2, 0.25) is 5.91 Å². The molecule has 130 valence electrons. The Labute approximate surface area is 147 Å². The monoisotopic (exact) mass is 338 g/mol. The molecule has 1 aliphatic rings. The van der Waals surface area contributed by atoms with Crippen LogP contribution in [0.5, 0.6) is 0 Å². The van der Waals surface area contributed by atoms with Gasteiger partial charge in [0, 0.05) is 48.7 Å². The van der Waals surface area contributed by atoms with Crippen LogP contribution in [-0.2, 0) is 0 Å². The van der Waals surface area contributed by atoms with E-state index in [1.807, 2.05) is 24.3 Å². The summed E-state index contributed by atoms with van der Waals surface area (Å²) in [6.07, 6.45) is 0. The minimum absolute atomic E-state index is 0.219. The number of amides is 2. The molecule has 0 radical (unpaired) electrons. The first-order chi connectivity index (χ1) is 12.0. The number of likely N-dealkylation sites (N-methyl/N-ethyl adjacent to an activating group) is 1. The zero-order chi connectivity index (χ0) is 17.8. The van der Waals surface area contributed by atoms with E-state index in [1.54, 1.807) is 24.3 Å². The largest absolute Gasteiger partial charge is 0.369 e. The molecule has 0 atom stereocenters. The van der Waals surface area contributed by atoms with Crippen molar-refractivity contribution in [2.75, 3.05) is 43.4 Å². The van der Waals surface area contributed by atoms with E-state index >= 15 is 0 Å². The summed E-state index contributed by atoms with van der Waals surface area (Å²) in [5.41, 5.74) is 7.96. The predicted molar refractivity (Wildman–Crippen MR) is 99.1 cm³/mol. The van der Waals surface area contributed by atoms with Crippen molar-refractivity contribution in [1.29, 1.82) is 0 Å². The number of anilines is 2. The Bertz CT molecular complexity index is 748. The van der Waals surface area contributed by atoms with Crippen molar-refractivity contribution >= 4 is 23.2 Å². The maximum atomic E-state index is 12.3. The highest BCUT2D eigenvalue weighted by Gasteiger charge is 2.14. The minimum Gasteiger partial charge on any atom is -0.369 e. The lowest BCUT2D eigenvalue weighted by Crippen LogP contribution is -2.44. The molecule has 1 aliphatic heterocycles. The van der Waals surface area contributed by atoms with Gasteiger partial charge in [-0.25, -0.2) is 0 Å². The summed E-state index contributed by atoms with van der Waals surface area (Å²) in [6.45, 7) is 4.13. The molecule has 1 fully saturated rings. The number of carbonyl (C=O) groups excluding carboxylic acids is 2. The van der Waals surface area contributed by atoms with E-state index in [2.05, 4.69) is 22.2 Å². The first-order valence-electron chi connectivity index (χ1n) is 8.28. The molecule has 0 aliphatic carbocycles. The Morgan fingerprint density at radius 2 is 1.44 bits per heavy atom. The van der Waals surface area contributed by atoms with E-state index in [0.29, 0.717) is 11.1 Å². The molecule has 0 spiro atoms. The lowest BCUT2D eigenvalue weighted by atomic mass is 10.1. The summed E-state index contributed by atoms with van der Waals surface area (Å²) >= 11 is 0. The molecule has 3 N–H and O–H groups in total. The molecule has 2 amide bonds. The van der Waals surface area contributed by atoms with Gasteiger partial charge in [-0.1, -0.05) is 0 Å². The first-order valence-corrected chi connectivity index (χ1v) is 8.28. The van der Waals surface area contributed by atoms with Crippen LogP contribution in [0.25, 0.3) is 0 Å². The summed E-state index contributed by atoms with van der Waals surface area (Å²) in [5, 5.41) is 2.86. The van der Waals surface area contributed by atoms with Crippen molar-refractivity contribution in [2.24, 2.45) is 5.73 Å². The van der Waals surface area contributed by atoms with Gasteiger partial charge in [-0.3, -0.25) is 9.59 Å². The van der Waals surface area contributed by atoms with Crippen LogP contribution in [0, 0.1) is 0 Å². The third kappa shape index (κ3) is 4.16. The number of primary amides is 1. The smallest absolute Gasteiger partial charge is 0.255 e. The summed E-state index contributed by atoms with van der Waals surface area (Å²) in [7, 11) is 2.13. The van der Waals surface area contributed by atoms with Gasteiger partial charge in [-0.15, -0.1) is 0 Å². The highest BCUT2D eigenvalue weighted by Crippen LogP contribution is 2.20. The van der Waals surface area contributed by atoms with Crippen LogP contribution in [0.2, 0.25) is 0 Å². The Morgan fingerprint density at radius 3 is 2.00 bits per heavy atom. The van der Waals surface area contributed by atoms with Gasteiger partial charge < -0.3 is 20.9 Å². The van der Waals surface area contributed by atoms with Crippen molar-refractivity contribution < 1.29 is 9.59 Å². The van der Waals surface area contributed by atoms with Crippen LogP contribution in [0.15, 0.2) is 48.5 Å². The zero-order valence-electron chi connectivity index (χ0n) is 14.2. The number of benzene rings is 2. The summed E-state index contributed by atoms with van der Waals surface area (Å²) in [6, 6.07) is 14.1. The van der Waals surface area contributed by atoms with Gasteiger partial charge in [0.05, 0.1) is 0 Å². The molecule has 0 bridgehead atoms. The van der Waals surface area contributed by atoms with Crippen LogP contribution in [-0.4, -0.2) is 49.9 Å². The molecule has 6 nitrogen and oxygen atoms in total. The van der Waals surface area contributed by atoms with Gasteiger partial charge in [-0.05, 0) is 55.6 Å². The van der Waals surface area contributed by atoms with Crippen LogP contribution in [0.1, 0.15) is 20.7 Å². The molecule has 6 heteroatoms. The number of carbonyl (C=O) groups is 2. The van der Waals surface area contributed by atoms with Gasteiger partial charge in [-0.2, -0.15) is 0 Å². The number of rotatable bonds is 4. The first kappa shape index (κ1) is 17.0. The Hall–Kier alpha value is -2.86. The van der Waals surface area contributed by atoms with Crippen LogP contribution < -0.4 is 16.0 Å². The van der Waals surface area contributed by atoms with E-state index in [0.717, 1.165) is 37.6 Å². The topological polar surface area (TPSA) is 78.7 Å². The standard InChI is InChI=1S/C19H22N4O2/c1-22-10-12-23(13-11-22)17-8-6-16(7-9-17)21-19(25)15-4-2-14(3-5-15)18(20)24/h2-9H,10-13H2,1H3,(H2,20,24)(H,21,25). The highest BCUT2D eigenvalue weighted by molar-refractivity contribution is 6.05. The minimum atomic E-state index is -0.508. The average Bonchev–Trinajstić information content (AvgIpc) is 2.63. The summed E-state index contributed by atoms with van der Waals surface area (Å²) in [4.78, 5) is 28.0. The Kier molecular flexibility index (Phi) is 5.00. The fourth-order valence-electron chi connectivity index (χ4n) is 2.81. The third-order valence-electron chi connectivity index (χ3n) is 4.43. The second kappa shape index (κ2) is 7.36. The number of hydrogen-bond acceptors (Lipinski definition) is 4. The van der Waals surface area contributed by atoms with Crippen molar-refractivity contribution in [2.45, 2.75) is 0 Å². The molecule has 0 aromatic heterocycles. The average molecular weight is 338 g/mol. The molecule has 3 rings (SSSR count). The van der Waals surface area contributed by atoms with Crippen LogP contribution in [0.4, 0.5) is 11.4 Å². The predicted octanol–water partition coefficient (Wildman–Crippen LogP) is 1.79. The van der Waals surface area contributed by atoms with Gasteiger partial charge >= 0.3 is 0 Å². The van der Waals surface area contributed by atoms with E-state index < -0.39 is 5.91 Å². The maximum absolute atomic E-state index is 12.3. The molecule has 2 aromatic rings. The lowest BCUT2D eigenvalue weighted by Gasteiger charge is -2.34. The molecule has 2 aromatic carbocycles. The number of nitrogens with zero attached hydrogens (tertiary/aromatic N) is 2. The number of nitrogens with two attached hydrogens (primary N) is 1. The maximum Gasteiger partial charge on any atom is 0.255 e. The Balaban J connectivity index is 1.62. The third-order valence-corrected chi connectivity index (χ3v) is 4.43. The van der Waals surface area contributed by atoms with E-state index in [4.69, 9.17) is 5.73 Å². The molecule has 1 saturated heterocycles. The van der Waals surface area contributed by atoms with Crippen molar-refractivity contribution in [1.82, 2.24) is 4.90 Å². The lowest BCUT2D eigenvalue weighted by molar-refractivity contribution is 0.0995. The second-order valence-electron chi connectivity index (χ2n) is 6.23. The molecule has 0 unspecified atom stereocenters. The molecule has 0 saturated carbocycles. The van der Waals surface area contributed by atoms with Crippen LogP contribution >= 0.6 is 0 Å². The normalized spacial score (nSPS) is 15.0. The summed E-state index contributed by atoms with van der Waals surface area (Å²) in [5.74, 6) is -0.727. The molecular weight excluding hydrogens is 316 g/mol. The van der Waals surface area contributed by atoms with Gasteiger partial charge in [0.25, 0.3) is 5.91 Å². The number of nitrogens with one attached hydrogen (secondary N) is 1. The molecular formula is C19H22N4O2. The SMILES string of the molecule is CN1CCN(c2ccc(NC(=O)c3ccc(C(N)=O)cc3)cc2)CC1. The number of piperazine rings is 1. The van der Waals surface area contributed by atoms with Crippen LogP contribution in [0.3, 0.4) is 0 Å². The zero-order valence-corrected chi connectivity index (χ0v) is 14.2. The van der Waals surface area contributed by atoms with E-state index in [1.165, 1.54) is 0 Å². The molecule has 25 heavy (non-hydrogen) atoms.